The molecule has 20 heavy (non-hydrogen) atoms. The molecule has 2 rings (SSSR count). The highest BCUT2D eigenvalue weighted by atomic mass is 16.2. The van der Waals surface area contributed by atoms with Crippen LogP contribution in [0.5, 0.6) is 0 Å². The second-order valence-electron chi connectivity index (χ2n) is 5.26. The number of carbonyl (C=O) groups excluding carboxylic acids is 1. The molecule has 1 aromatic heterocycles. The number of nitriles is 1. The maximum atomic E-state index is 12.2. The molecule has 0 aromatic carbocycles. The summed E-state index contributed by atoms with van der Waals surface area (Å²) in [6.45, 7) is 4.43. The quantitative estimate of drug-likeness (QED) is 0.909. The third-order valence-electron chi connectivity index (χ3n) is 3.58. The fourth-order valence-electron chi connectivity index (χ4n) is 2.45. The van der Waals surface area contributed by atoms with Crippen molar-refractivity contribution >= 4 is 11.7 Å². The predicted octanol–water partition coefficient (Wildman–Crippen LogP) is 1.95. The van der Waals surface area contributed by atoms with E-state index in [1.807, 2.05) is 19.1 Å². The van der Waals surface area contributed by atoms with Gasteiger partial charge in [-0.3, -0.25) is 4.79 Å². The van der Waals surface area contributed by atoms with Crippen LogP contribution < -0.4 is 5.32 Å². The van der Waals surface area contributed by atoms with Gasteiger partial charge in [-0.15, -0.1) is 0 Å². The van der Waals surface area contributed by atoms with Crippen LogP contribution in [-0.4, -0.2) is 35.4 Å². The van der Waals surface area contributed by atoms with Gasteiger partial charge < -0.3 is 10.2 Å². The van der Waals surface area contributed by atoms with E-state index in [-0.39, 0.29) is 11.8 Å². The van der Waals surface area contributed by atoms with E-state index in [4.69, 9.17) is 5.26 Å². The number of aromatic nitrogens is 1. The fourth-order valence-corrected chi connectivity index (χ4v) is 2.45. The van der Waals surface area contributed by atoms with Crippen LogP contribution in [-0.2, 0) is 4.79 Å². The molecule has 0 radical (unpaired) electrons. The Hall–Kier alpha value is -1.93. The number of aryl methyl sites for hydroxylation is 1. The van der Waals surface area contributed by atoms with Crippen molar-refractivity contribution in [2.24, 2.45) is 5.92 Å². The van der Waals surface area contributed by atoms with Crippen molar-refractivity contribution in [2.45, 2.75) is 26.2 Å². The minimum atomic E-state index is -0.00875. The summed E-state index contributed by atoms with van der Waals surface area (Å²) < 4.78 is 0. The lowest BCUT2D eigenvalue weighted by molar-refractivity contribution is -0.121. The number of rotatable bonds is 4. The predicted molar refractivity (Wildman–Crippen MR) is 77.0 cm³/mol. The van der Waals surface area contributed by atoms with E-state index in [9.17, 15) is 4.79 Å². The van der Waals surface area contributed by atoms with E-state index in [2.05, 4.69) is 21.3 Å². The van der Waals surface area contributed by atoms with Crippen LogP contribution in [0.3, 0.4) is 0 Å². The van der Waals surface area contributed by atoms with E-state index < -0.39 is 0 Å². The van der Waals surface area contributed by atoms with Gasteiger partial charge in [-0.2, -0.15) is 5.26 Å². The molecule has 1 N–H and O–H groups in total. The molecule has 1 amide bonds. The second kappa shape index (κ2) is 7.01. The Morgan fingerprint density at radius 2 is 2.45 bits per heavy atom. The summed E-state index contributed by atoms with van der Waals surface area (Å²) in [5.41, 5.74) is 1.07. The van der Waals surface area contributed by atoms with Gasteiger partial charge in [0.05, 0.1) is 12.0 Å². The first-order valence-corrected chi connectivity index (χ1v) is 7.02. The lowest BCUT2D eigenvalue weighted by atomic mass is 9.97. The van der Waals surface area contributed by atoms with Gasteiger partial charge in [0, 0.05) is 25.7 Å². The molecule has 2 heterocycles. The lowest BCUT2D eigenvalue weighted by Gasteiger charge is -2.31. The third-order valence-corrected chi connectivity index (χ3v) is 3.58. The van der Waals surface area contributed by atoms with Crippen LogP contribution in [0.25, 0.3) is 0 Å². The maximum absolute atomic E-state index is 12.2. The van der Waals surface area contributed by atoms with E-state index >= 15 is 0 Å². The zero-order valence-corrected chi connectivity index (χ0v) is 11.8. The van der Waals surface area contributed by atoms with Crippen molar-refractivity contribution in [1.82, 2.24) is 9.88 Å². The Morgan fingerprint density at radius 3 is 3.15 bits per heavy atom. The largest absolute Gasteiger partial charge is 0.310 e. The molecule has 0 bridgehead atoms. The van der Waals surface area contributed by atoms with Crippen LogP contribution in [0, 0.1) is 24.2 Å². The van der Waals surface area contributed by atoms with Crippen molar-refractivity contribution in [1.29, 1.82) is 5.26 Å². The molecule has 0 spiro atoms. The highest BCUT2D eigenvalue weighted by Crippen LogP contribution is 2.18. The molecule has 1 aliphatic rings. The van der Waals surface area contributed by atoms with Crippen molar-refractivity contribution < 1.29 is 4.79 Å². The lowest BCUT2D eigenvalue weighted by Crippen LogP contribution is -2.41. The number of piperidine rings is 1. The molecule has 5 nitrogen and oxygen atoms in total. The molecule has 1 aromatic rings. The van der Waals surface area contributed by atoms with Gasteiger partial charge in [0.25, 0.3) is 0 Å². The maximum Gasteiger partial charge on any atom is 0.229 e. The molecule has 5 heteroatoms. The first-order chi connectivity index (χ1) is 9.69. The molecule has 106 valence electrons. The second-order valence-corrected chi connectivity index (χ2v) is 5.26. The number of nitrogens with one attached hydrogen (secondary N) is 1. The SMILES string of the molecule is Cc1ccc(NC(=O)C2CCCN(CCC#N)C2)nc1. The molecule has 0 saturated carbocycles. The van der Waals surface area contributed by atoms with Crippen molar-refractivity contribution in [2.75, 3.05) is 25.0 Å². The smallest absolute Gasteiger partial charge is 0.229 e. The van der Waals surface area contributed by atoms with E-state index in [0.717, 1.165) is 38.0 Å². The van der Waals surface area contributed by atoms with Gasteiger partial charge in [0.1, 0.15) is 5.82 Å². The number of hydrogen-bond donors (Lipinski definition) is 1. The number of hydrogen-bond acceptors (Lipinski definition) is 4. The Balaban J connectivity index is 1.88. The van der Waals surface area contributed by atoms with Gasteiger partial charge in [-0.1, -0.05) is 6.07 Å². The summed E-state index contributed by atoms with van der Waals surface area (Å²) in [6, 6.07) is 5.91. The molecule has 1 aliphatic heterocycles. The summed E-state index contributed by atoms with van der Waals surface area (Å²) in [7, 11) is 0. The van der Waals surface area contributed by atoms with Crippen LogP contribution in [0.4, 0.5) is 5.82 Å². The molecular formula is C15H20N4O. The fraction of sp³-hybridized carbons (Fsp3) is 0.533. The van der Waals surface area contributed by atoms with E-state index in [1.54, 1.807) is 6.20 Å². The first kappa shape index (κ1) is 14.5. The van der Waals surface area contributed by atoms with Crippen molar-refractivity contribution in [3.05, 3.63) is 23.9 Å². The first-order valence-electron chi connectivity index (χ1n) is 7.02. The van der Waals surface area contributed by atoms with Crippen molar-refractivity contribution in [3.63, 3.8) is 0 Å². The monoisotopic (exact) mass is 272 g/mol. The Bertz CT molecular complexity index is 492. The Morgan fingerprint density at radius 1 is 1.60 bits per heavy atom. The minimum Gasteiger partial charge on any atom is -0.310 e. The van der Waals surface area contributed by atoms with Gasteiger partial charge in [0.15, 0.2) is 0 Å². The molecule has 1 atom stereocenters. The van der Waals surface area contributed by atoms with E-state index in [0.29, 0.717) is 12.2 Å². The zero-order valence-electron chi connectivity index (χ0n) is 11.8. The molecule has 1 unspecified atom stereocenters. The Kier molecular flexibility index (Phi) is 5.08. The Labute approximate surface area is 119 Å². The normalized spacial score (nSPS) is 19.3. The zero-order chi connectivity index (χ0) is 14.4. The number of pyridine rings is 1. The number of amides is 1. The van der Waals surface area contributed by atoms with Gasteiger partial charge in [-0.25, -0.2) is 4.98 Å². The number of likely N-dealkylation sites (tertiary alicyclic amines) is 1. The minimum absolute atomic E-state index is 0.00875. The van der Waals surface area contributed by atoms with Crippen LogP contribution >= 0.6 is 0 Å². The average molecular weight is 272 g/mol. The van der Waals surface area contributed by atoms with Crippen molar-refractivity contribution in [3.8, 4) is 6.07 Å². The average Bonchev–Trinajstić information content (AvgIpc) is 2.48. The molecule has 1 fully saturated rings. The summed E-state index contributed by atoms with van der Waals surface area (Å²) in [6.07, 6.45) is 4.18. The van der Waals surface area contributed by atoms with Crippen LogP contribution in [0.1, 0.15) is 24.8 Å². The summed E-state index contributed by atoms with van der Waals surface area (Å²) in [5, 5.41) is 11.5. The highest BCUT2D eigenvalue weighted by Gasteiger charge is 2.25. The van der Waals surface area contributed by atoms with Gasteiger partial charge in [0.2, 0.25) is 5.91 Å². The summed E-state index contributed by atoms with van der Waals surface area (Å²) in [5.74, 6) is 0.628. The molecule has 1 saturated heterocycles. The van der Waals surface area contributed by atoms with E-state index in [1.165, 1.54) is 0 Å². The highest BCUT2D eigenvalue weighted by molar-refractivity contribution is 5.91. The standard InChI is InChI=1S/C15H20N4O/c1-12-5-6-14(17-10-12)18-15(20)13-4-2-8-19(11-13)9-3-7-16/h5-6,10,13H,2-4,8-9,11H2,1H3,(H,17,18,20). The third kappa shape index (κ3) is 4.04. The molecular weight excluding hydrogens is 252 g/mol. The number of carbonyl (C=O) groups is 1. The van der Waals surface area contributed by atoms with Crippen LogP contribution in [0.15, 0.2) is 18.3 Å². The van der Waals surface area contributed by atoms with Crippen LogP contribution in [0.2, 0.25) is 0 Å². The summed E-state index contributed by atoms with van der Waals surface area (Å²) >= 11 is 0. The van der Waals surface area contributed by atoms with Gasteiger partial charge in [-0.05, 0) is 37.9 Å². The topological polar surface area (TPSA) is 69.0 Å². The molecule has 0 aliphatic carbocycles. The number of anilines is 1. The summed E-state index contributed by atoms with van der Waals surface area (Å²) in [4.78, 5) is 18.6. The van der Waals surface area contributed by atoms with Gasteiger partial charge >= 0.3 is 0 Å². The number of nitrogens with zero attached hydrogens (tertiary/aromatic N) is 3.